The number of ether oxygens (including phenoxy) is 1. The average molecular weight is 225 g/mol. The Morgan fingerprint density at radius 1 is 1.31 bits per heavy atom. The minimum absolute atomic E-state index is 0.0191. The van der Waals surface area contributed by atoms with Crippen LogP contribution in [-0.4, -0.2) is 36.6 Å². The molecule has 1 atom stereocenters. The number of nitrogens with zero attached hydrogens (tertiary/aromatic N) is 1. The van der Waals surface area contributed by atoms with Gasteiger partial charge in [-0.3, -0.25) is 9.69 Å². The van der Waals surface area contributed by atoms with Gasteiger partial charge in [0, 0.05) is 12.6 Å². The van der Waals surface area contributed by atoms with E-state index in [2.05, 4.69) is 18.7 Å². The van der Waals surface area contributed by atoms with Crippen LogP contribution >= 0.6 is 0 Å². The van der Waals surface area contributed by atoms with Crippen LogP contribution in [0, 0.1) is 11.8 Å². The van der Waals surface area contributed by atoms with Crippen LogP contribution in [0.5, 0.6) is 0 Å². The first-order valence-electron chi connectivity index (χ1n) is 6.47. The minimum atomic E-state index is -0.0307. The van der Waals surface area contributed by atoms with Crippen molar-refractivity contribution in [2.45, 2.75) is 51.6 Å². The molecule has 3 heteroatoms. The fourth-order valence-corrected chi connectivity index (χ4v) is 2.38. The van der Waals surface area contributed by atoms with Gasteiger partial charge in [-0.2, -0.15) is 0 Å². The predicted octanol–water partition coefficient (Wildman–Crippen LogP) is 2.06. The van der Waals surface area contributed by atoms with E-state index in [1.807, 2.05) is 0 Å². The number of esters is 1. The lowest BCUT2D eigenvalue weighted by Gasteiger charge is -2.33. The number of hydrogen-bond donors (Lipinski definition) is 0. The molecular formula is C13H23NO2. The van der Waals surface area contributed by atoms with E-state index in [9.17, 15) is 4.79 Å². The summed E-state index contributed by atoms with van der Waals surface area (Å²) in [5.41, 5.74) is 0. The van der Waals surface area contributed by atoms with Gasteiger partial charge >= 0.3 is 5.97 Å². The van der Waals surface area contributed by atoms with Crippen molar-refractivity contribution >= 4 is 5.97 Å². The quantitative estimate of drug-likeness (QED) is 0.648. The Labute approximate surface area is 98.1 Å². The molecule has 0 radical (unpaired) electrons. The minimum Gasteiger partial charge on any atom is -0.468 e. The van der Waals surface area contributed by atoms with E-state index in [1.165, 1.54) is 32.8 Å². The highest BCUT2D eigenvalue weighted by atomic mass is 16.5. The maximum atomic E-state index is 11.9. The molecule has 0 saturated heterocycles. The molecule has 1 unspecified atom stereocenters. The highest BCUT2D eigenvalue weighted by Gasteiger charge is 2.43. The van der Waals surface area contributed by atoms with Gasteiger partial charge in [-0.05, 0) is 51.4 Å². The molecule has 2 aliphatic rings. The fourth-order valence-electron chi connectivity index (χ4n) is 2.38. The van der Waals surface area contributed by atoms with Gasteiger partial charge in [0.15, 0.2) is 0 Å². The summed E-state index contributed by atoms with van der Waals surface area (Å²) < 4.78 is 4.97. The van der Waals surface area contributed by atoms with E-state index in [0.717, 1.165) is 12.5 Å². The zero-order valence-corrected chi connectivity index (χ0v) is 10.6. The lowest BCUT2D eigenvalue weighted by atomic mass is 10.1. The van der Waals surface area contributed by atoms with Crippen LogP contribution in [0.25, 0.3) is 0 Å². The summed E-state index contributed by atoms with van der Waals surface area (Å²) in [5.74, 6) is 1.35. The normalized spacial score (nSPS) is 22.6. The van der Waals surface area contributed by atoms with Crippen LogP contribution in [-0.2, 0) is 9.53 Å². The van der Waals surface area contributed by atoms with Crippen molar-refractivity contribution in [1.82, 2.24) is 4.90 Å². The Bertz CT molecular complexity index is 257. The first-order chi connectivity index (χ1) is 7.63. The maximum Gasteiger partial charge on any atom is 0.323 e. The van der Waals surface area contributed by atoms with Crippen molar-refractivity contribution in [2.75, 3.05) is 13.7 Å². The summed E-state index contributed by atoms with van der Waals surface area (Å²) in [6, 6.07) is 0.455. The standard InChI is InChI=1S/C13H23NO2/c1-9(2)14(8-10-4-5-10)12(11-6-7-11)13(15)16-3/h9-12H,4-8H2,1-3H3. The lowest BCUT2D eigenvalue weighted by molar-refractivity contribution is -0.149. The highest BCUT2D eigenvalue weighted by molar-refractivity contribution is 5.76. The Morgan fingerprint density at radius 3 is 2.31 bits per heavy atom. The Morgan fingerprint density at radius 2 is 1.94 bits per heavy atom. The van der Waals surface area contributed by atoms with E-state index in [1.54, 1.807) is 0 Å². The van der Waals surface area contributed by atoms with Crippen molar-refractivity contribution < 1.29 is 9.53 Å². The molecule has 92 valence electrons. The number of methoxy groups -OCH3 is 1. The average Bonchev–Trinajstić information content (AvgIpc) is 3.10. The second-order valence-electron chi connectivity index (χ2n) is 5.54. The molecule has 0 spiro atoms. The number of carbonyl (C=O) groups excluding carboxylic acids is 1. The zero-order chi connectivity index (χ0) is 11.7. The van der Waals surface area contributed by atoms with E-state index in [0.29, 0.717) is 12.0 Å². The number of carbonyl (C=O) groups is 1. The molecule has 2 fully saturated rings. The van der Waals surface area contributed by atoms with Gasteiger partial charge in [0.05, 0.1) is 7.11 Å². The van der Waals surface area contributed by atoms with Gasteiger partial charge in [0.1, 0.15) is 6.04 Å². The molecule has 0 bridgehead atoms. The molecule has 16 heavy (non-hydrogen) atoms. The molecular weight excluding hydrogens is 202 g/mol. The molecule has 0 aromatic carbocycles. The number of hydrogen-bond acceptors (Lipinski definition) is 3. The van der Waals surface area contributed by atoms with Crippen LogP contribution in [0.2, 0.25) is 0 Å². The fraction of sp³-hybridized carbons (Fsp3) is 0.923. The van der Waals surface area contributed by atoms with Crippen molar-refractivity contribution in [3.63, 3.8) is 0 Å². The molecule has 0 aliphatic heterocycles. The summed E-state index contributed by atoms with van der Waals surface area (Å²) in [6.07, 6.45) is 5.05. The summed E-state index contributed by atoms with van der Waals surface area (Å²) >= 11 is 0. The predicted molar refractivity (Wildman–Crippen MR) is 63.1 cm³/mol. The smallest absolute Gasteiger partial charge is 0.323 e. The summed E-state index contributed by atoms with van der Waals surface area (Å²) in [6.45, 7) is 5.44. The number of rotatable bonds is 6. The van der Waals surface area contributed by atoms with Gasteiger partial charge in [-0.1, -0.05) is 0 Å². The molecule has 0 N–H and O–H groups in total. The van der Waals surface area contributed by atoms with Gasteiger partial charge in [0.2, 0.25) is 0 Å². The SMILES string of the molecule is COC(=O)C(C1CC1)N(CC1CC1)C(C)C. The van der Waals surface area contributed by atoms with Crippen LogP contribution in [0.15, 0.2) is 0 Å². The van der Waals surface area contributed by atoms with E-state index in [-0.39, 0.29) is 12.0 Å². The maximum absolute atomic E-state index is 11.9. The zero-order valence-electron chi connectivity index (χ0n) is 10.6. The van der Waals surface area contributed by atoms with Crippen molar-refractivity contribution in [1.29, 1.82) is 0 Å². The monoisotopic (exact) mass is 225 g/mol. The van der Waals surface area contributed by atoms with Crippen LogP contribution < -0.4 is 0 Å². The molecule has 0 heterocycles. The Balaban J connectivity index is 2.03. The van der Waals surface area contributed by atoms with Crippen LogP contribution in [0.3, 0.4) is 0 Å². The highest BCUT2D eigenvalue weighted by Crippen LogP contribution is 2.39. The summed E-state index contributed by atoms with van der Waals surface area (Å²) in [4.78, 5) is 14.2. The van der Waals surface area contributed by atoms with Crippen LogP contribution in [0.1, 0.15) is 39.5 Å². The molecule has 0 aromatic rings. The van der Waals surface area contributed by atoms with E-state index in [4.69, 9.17) is 4.74 Å². The molecule has 0 aromatic heterocycles. The van der Waals surface area contributed by atoms with Crippen LogP contribution in [0.4, 0.5) is 0 Å². The van der Waals surface area contributed by atoms with Gasteiger partial charge in [0.25, 0.3) is 0 Å². The van der Waals surface area contributed by atoms with E-state index < -0.39 is 0 Å². The first kappa shape index (κ1) is 11.9. The third-order valence-electron chi connectivity index (χ3n) is 3.70. The second-order valence-corrected chi connectivity index (χ2v) is 5.54. The van der Waals surface area contributed by atoms with Gasteiger partial charge in [-0.15, -0.1) is 0 Å². The molecule has 3 nitrogen and oxygen atoms in total. The largest absolute Gasteiger partial charge is 0.468 e. The summed E-state index contributed by atoms with van der Waals surface area (Å²) in [7, 11) is 1.51. The molecule has 0 amide bonds. The Kier molecular flexibility index (Phi) is 3.53. The third kappa shape index (κ3) is 2.76. The lowest BCUT2D eigenvalue weighted by Crippen LogP contribution is -2.48. The molecule has 2 saturated carbocycles. The molecule has 2 rings (SSSR count). The first-order valence-corrected chi connectivity index (χ1v) is 6.47. The molecule has 2 aliphatic carbocycles. The van der Waals surface area contributed by atoms with Crippen molar-refractivity contribution in [3.05, 3.63) is 0 Å². The van der Waals surface area contributed by atoms with Gasteiger partial charge in [-0.25, -0.2) is 0 Å². The third-order valence-corrected chi connectivity index (χ3v) is 3.70. The topological polar surface area (TPSA) is 29.5 Å². The van der Waals surface area contributed by atoms with Gasteiger partial charge < -0.3 is 4.74 Å². The second kappa shape index (κ2) is 4.74. The van der Waals surface area contributed by atoms with Crippen molar-refractivity contribution in [3.8, 4) is 0 Å². The Hall–Kier alpha value is -0.570. The van der Waals surface area contributed by atoms with Crippen molar-refractivity contribution in [2.24, 2.45) is 11.8 Å². The van der Waals surface area contributed by atoms with E-state index >= 15 is 0 Å². The summed E-state index contributed by atoms with van der Waals surface area (Å²) in [5, 5.41) is 0.